The van der Waals surface area contributed by atoms with E-state index in [0.717, 1.165) is 0 Å². The second kappa shape index (κ2) is 3.20. The number of fused-ring (bicyclic) bond motifs is 1. The third-order valence-corrected chi connectivity index (χ3v) is 2.26. The minimum Gasteiger partial charge on any atom is -0.360 e. The van der Waals surface area contributed by atoms with Crippen molar-refractivity contribution in [1.82, 2.24) is 4.98 Å². The van der Waals surface area contributed by atoms with E-state index >= 15 is 0 Å². The Bertz CT molecular complexity index is 557. The number of Topliss-reactive ketones (excluding diaryl/α,β-unsaturated/α-hetero) is 1. The highest BCUT2D eigenvalue weighted by molar-refractivity contribution is 6.09. The molecule has 0 atom stereocenters. The number of aromatic nitrogens is 1. The average molecular weight is 204 g/mol. The zero-order valence-corrected chi connectivity index (χ0v) is 7.98. The molecule has 15 heavy (non-hydrogen) atoms. The van der Waals surface area contributed by atoms with Gasteiger partial charge in [-0.25, -0.2) is 0 Å². The Morgan fingerprint density at radius 2 is 2.20 bits per heavy atom. The highest BCUT2D eigenvalue weighted by Gasteiger charge is 2.18. The maximum Gasteiger partial charge on any atom is 0.279 e. The van der Waals surface area contributed by atoms with Gasteiger partial charge in [0.15, 0.2) is 5.78 Å². The molecule has 0 aliphatic rings. The molecule has 0 unspecified atom stereocenters. The predicted octanol–water partition coefficient (Wildman–Crippen LogP) is 2.28. The molecule has 0 fully saturated rings. The van der Waals surface area contributed by atoms with E-state index in [1.807, 2.05) is 0 Å². The first-order chi connectivity index (χ1) is 7.11. The molecule has 76 valence electrons. The van der Waals surface area contributed by atoms with E-state index in [0.29, 0.717) is 16.5 Å². The first-order valence-corrected chi connectivity index (χ1v) is 4.36. The molecule has 2 rings (SSSR count). The molecule has 0 saturated heterocycles. The van der Waals surface area contributed by atoms with Crippen molar-refractivity contribution < 1.29 is 9.72 Å². The van der Waals surface area contributed by atoms with E-state index in [2.05, 4.69) is 4.98 Å². The Hall–Kier alpha value is -2.17. The standard InChI is InChI=1S/C10H8N2O3/c1-6(13)7-5-11-8-3-2-4-9(10(7)8)12(14)15/h2-5,11H,1H3. The van der Waals surface area contributed by atoms with Gasteiger partial charge in [0.2, 0.25) is 0 Å². The normalized spacial score (nSPS) is 10.5. The first-order valence-electron chi connectivity index (χ1n) is 4.36. The summed E-state index contributed by atoms with van der Waals surface area (Å²) in [6, 6.07) is 4.68. The summed E-state index contributed by atoms with van der Waals surface area (Å²) in [4.78, 5) is 24.4. The van der Waals surface area contributed by atoms with Gasteiger partial charge in [0.25, 0.3) is 5.69 Å². The van der Waals surface area contributed by atoms with Crippen molar-refractivity contribution in [1.29, 1.82) is 0 Å². The van der Waals surface area contributed by atoms with Crippen molar-refractivity contribution in [2.75, 3.05) is 0 Å². The molecule has 0 aliphatic carbocycles. The van der Waals surface area contributed by atoms with E-state index in [-0.39, 0.29) is 11.5 Å². The van der Waals surface area contributed by atoms with Crippen molar-refractivity contribution in [3.8, 4) is 0 Å². The van der Waals surface area contributed by atoms with Crippen molar-refractivity contribution >= 4 is 22.4 Å². The monoisotopic (exact) mass is 204 g/mol. The van der Waals surface area contributed by atoms with Crippen LogP contribution in [-0.4, -0.2) is 15.7 Å². The van der Waals surface area contributed by atoms with Gasteiger partial charge in [-0.3, -0.25) is 14.9 Å². The molecule has 0 bridgehead atoms. The summed E-state index contributed by atoms with van der Waals surface area (Å²) in [6.45, 7) is 1.39. The number of nitrogens with zero attached hydrogens (tertiary/aromatic N) is 1. The summed E-state index contributed by atoms with van der Waals surface area (Å²) in [5.41, 5.74) is 0.922. The number of rotatable bonds is 2. The van der Waals surface area contributed by atoms with Crippen molar-refractivity contribution in [3.63, 3.8) is 0 Å². The van der Waals surface area contributed by atoms with E-state index < -0.39 is 4.92 Å². The molecule has 2 aromatic rings. The minimum absolute atomic E-state index is 0.0426. The van der Waals surface area contributed by atoms with Gasteiger partial charge < -0.3 is 4.98 Å². The number of benzene rings is 1. The summed E-state index contributed by atoms with van der Waals surface area (Å²) in [5, 5.41) is 11.2. The first kappa shape index (κ1) is 9.39. The van der Waals surface area contributed by atoms with Gasteiger partial charge in [0.1, 0.15) is 0 Å². The molecule has 0 aliphatic heterocycles. The Labute approximate surface area is 84.9 Å². The number of nitro benzene ring substituents is 1. The number of ketones is 1. The van der Waals surface area contributed by atoms with Gasteiger partial charge in [0.05, 0.1) is 15.8 Å². The molecule has 1 heterocycles. The summed E-state index contributed by atoms with van der Waals surface area (Å²) < 4.78 is 0. The third-order valence-electron chi connectivity index (χ3n) is 2.26. The summed E-state index contributed by atoms with van der Waals surface area (Å²) in [5.74, 6) is -0.185. The molecule has 5 nitrogen and oxygen atoms in total. The Morgan fingerprint density at radius 3 is 2.80 bits per heavy atom. The molecule has 0 amide bonds. The van der Waals surface area contributed by atoms with Crippen LogP contribution in [0, 0.1) is 10.1 Å². The fraction of sp³-hybridized carbons (Fsp3) is 0.100. The van der Waals surface area contributed by atoms with Crippen LogP contribution in [0.4, 0.5) is 5.69 Å². The fourth-order valence-electron chi connectivity index (χ4n) is 1.60. The minimum atomic E-state index is -0.484. The predicted molar refractivity (Wildman–Crippen MR) is 55.0 cm³/mol. The average Bonchev–Trinajstić information content (AvgIpc) is 2.60. The van der Waals surface area contributed by atoms with Gasteiger partial charge in [-0.1, -0.05) is 6.07 Å². The van der Waals surface area contributed by atoms with Gasteiger partial charge in [-0.2, -0.15) is 0 Å². The highest BCUT2D eigenvalue weighted by Crippen LogP contribution is 2.28. The van der Waals surface area contributed by atoms with Crippen LogP contribution in [0.5, 0.6) is 0 Å². The van der Waals surface area contributed by atoms with Gasteiger partial charge in [0, 0.05) is 17.8 Å². The van der Waals surface area contributed by atoms with Crippen LogP contribution < -0.4 is 0 Å². The Kier molecular flexibility index (Phi) is 2.00. The highest BCUT2D eigenvalue weighted by atomic mass is 16.6. The van der Waals surface area contributed by atoms with Crippen LogP contribution >= 0.6 is 0 Å². The van der Waals surface area contributed by atoms with Crippen molar-refractivity contribution in [2.45, 2.75) is 6.92 Å². The molecule has 0 spiro atoms. The van der Waals surface area contributed by atoms with Gasteiger partial charge in [-0.15, -0.1) is 0 Å². The summed E-state index contributed by atoms with van der Waals surface area (Å²) in [7, 11) is 0. The zero-order chi connectivity index (χ0) is 11.0. The number of nitro groups is 1. The number of hydrogen-bond donors (Lipinski definition) is 1. The fourth-order valence-corrected chi connectivity index (χ4v) is 1.60. The van der Waals surface area contributed by atoms with Crippen LogP contribution in [-0.2, 0) is 0 Å². The summed E-state index contributed by atoms with van der Waals surface area (Å²) >= 11 is 0. The molecule has 0 radical (unpaired) electrons. The molecular formula is C10H8N2O3. The van der Waals surface area contributed by atoms with Gasteiger partial charge >= 0.3 is 0 Å². The largest absolute Gasteiger partial charge is 0.360 e. The molecular weight excluding hydrogens is 196 g/mol. The number of hydrogen-bond acceptors (Lipinski definition) is 3. The Morgan fingerprint density at radius 1 is 1.47 bits per heavy atom. The van der Waals surface area contributed by atoms with Crippen LogP contribution in [0.1, 0.15) is 17.3 Å². The lowest BCUT2D eigenvalue weighted by atomic mass is 10.1. The molecule has 1 N–H and O–H groups in total. The topological polar surface area (TPSA) is 76.0 Å². The number of carbonyl (C=O) groups is 1. The zero-order valence-electron chi connectivity index (χ0n) is 7.98. The van der Waals surface area contributed by atoms with Gasteiger partial charge in [-0.05, 0) is 13.0 Å². The van der Waals surface area contributed by atoms with Crippen LogP contribution in [0.15, 0.2) is 24.4 Å². The van der Waals surface area contributed by atoms with Crippen molar-refractivity contribution in [3.05, 3.63) is 40.1 Å². The summed E-state index contributed by atoms with van der Waals surface area (Å²) in [6.07, 6.45) is 1.50. The SMILES string of the molecule is CC(=O)c1c[nH]c2cccc([N+](=O)[O-])c12. The van der Waals surface area contributed by atoms with Crippen molar-refractivity contribution in [2.24, 2.45) is 0 Å². The lowest BCUT2D eigenvalue weighted by Crippen LogP contribution is -1.93. The third kappa shape index (κ3) is 1.38. The van der Waals surface area contributed by atoms with Crippen LogP contribution in [0.2, 0.25) is 0 Å². The number of non-ortho nitro benzene ring substituents is 1. The lowest BCUT2D eigenvalue weighted by Gasteiger charge is -1.95. The number of H-pyrrole nitrogens is 1. The maximum atomic E-state index is 11.3. The van der Waals surface area contributed by atoms with Crippen LogP contribution in [0.25, 0.3) is 10.9 Å². The van der Waals surface area contributed by atoms with Crippen LogP contribution in [0.3, 0.4) is 0 Å². The second-order valence-electron chi connectivity index (χ2n) is 3.22. The number of aromatic amines is 1. The molecule has 5 heteroatoms. The lowest BCUT2D eigenvalue weighted by molar-refractivity contribution is -0.383. The quantitative estimate of drug-likeness (QED) is 0.463. The van der Waals surface area contributed by atoms with E-state index in [4.69, 9.17) is 0 Å². The number of carbonyl (C=O) groups excluding carboxylic acids is 1. The van der Waals surface area contributed by atoms with E-state index in [9.17, 15) is 14.9 Å². The number of nitrogens with one attached hydrogen (secondary N) is 1. The van der Waals surface area contributed by atoms with E-state index in [1.165, 1.54) is 19.2 Å². The Balaban J connectivity index is 2.86. The molecule has 1 aromatic carbocycles. The van der Waals surface area contributed by atoms with E-state index in [1.54, 1.807) is 12.1 Å². The molecule has 0 saturated carbocycles. The molecule has 1 aromatic heterocycles. The smallest absolute Gasteiger partial charge is 0.279 e. The second-order valence-corrected chi connectivity index (χ2v) is 3.22. The maximum absolute atomic E-state index is 11.3.